The highest BCUT2D eigenvalue weighted by Crippen LogP contribution is 2.23. The van der Waals surface area contributed by atoms with Crippen molar-refractivity contribution in [2.24, 2.45) is 0 Å². The molecule has 0 aliphatic rings. The Morgan fingerprint density at radius 2 is 1.51 bits per heavy atom. The first-order chi connectivity index (χ1) is 17.7. The fourth-order valence-electron chi connectivity index (χ4n) is 3.18. The van der Waals surface area contributed by atoms with Crippen LogP contribution in [-0.4, -0.2) is 43.5 Å². The van der Waals surface area contributed by atoms with Crippen LogP contribution in [0, 0.1) is 18.6 Å². The minimum absolute atomic E-state index is 0.187. The van der Waals surface area contributed by atoms with Gasteiger partial charge in [0, 0.05) is 38.8 Å². The summed E-state index contributed by atoms with van der Waals surface area (Å²) in [6.45, 7) is 2.53. The van der Waals surface area contributed by atoms with Crippen LogP contribution in [-0.2, 0) is 22.7 Å². The van der Waals surface area contributed by atoms with Crippen LogP contribution in [0.3, 0.4) is 0 Å². The van der Waals surface area contributed by atoms with Crippen molar-refractivity contribution in [2.75, 3.05) is 14.1 Å². The van der Waals surface area contributed by atoms with Crippen LogP contribution in [0.25, 0.3) is 0 Å². The molecule has 0 saturated heterocycles. The second kappa shape index (κ2) is 14.1. The standard InChI is InChI=1S/C25H25F2N3O3.C2H2O2/c1-16-4-5-18(15-30(3)25(32)28-2)12-21(16)24(31)29-14-17-6-8-19(9-7-17)33-20-10-11-22(26)23(27)13-20;3-1-2-4/h4-13H,14-15H2,1-3H3,(H,28,32)(H,29,31);1-2H. The van der Waals surface area contributed by atoms with E-state index in [4.69, 9.17) is 14.3 Å². The molecule has 3 aromatic carbocycles. The van der Waals surface area contributed by atoms with Gasteiger partial charge in [-0.15, -0.1) is 0 Å². The quantitative estimate of drug-likeness (QED) is 0.349. The van der Waals surface area contributed by atoms with Gasteiger partial charge in [-0.3, -0.25) is 14.4 Å². The molecule has 0 aromatic heterocycles. The Bertz CT molecular complexity index is 1240. The van der Waals surface area contributed by atoms with Gasteiger partial charge < -0.3 is 20.3 Å². The Balaban J connectivity index is 0.00000112. The van der Waals surface area contributed by atoms with Gasteiger partial charge in [-0.25, -0.2) is 13.6 Å². The van der Waals surface area contributed by atoms with E-state index >= 15 is 0 Å². The van der Waals surface area contributed by atoms with Crippen molar-refractivity contribution in [2.45, 2.75) is 20.0 Å². The van der Waals surface area contributed by atoms with Gasteiger partial charge in [-0.1, -0.05) is 24.3 Å². The lowest BCUT2D eigenvalue weighted by atomic mass is 10.0. The van der Waals surface area contributed by atoms with Gasteiger partial charge in [-0.2, -0.15) is 0 Å². The van der Waals surface area contributed by atoms with Gasteiger partial charge in [-0.05, 0) is 53.9 Å². The molecule has 0 saturated carbocycles. The normalized spacial score (nSPS) is 9.86. The van der Waals surface area contributed by atoms with Crippen molar-refractivity contribution < 1.29 is 32.7 Å². The zero-order valence-corrected chi connectivity index (χ0v) is 20.6. The second-order valence-corrected chi connectivity index (χ2v) is 7.84. The number of halogens is 2. The van der Waals surface area contributed by atoms with Crippen molar-refractivity contribution in [3.8, 4) is 11.5 Å². The van der Waals surface area contributed by atoms with E-state index in [0.717, 1.165) is 28.8 Å². The Labute approximate surface area is 213 Å². The van der Waals surface area contributed by atoms with Crippen molar-refractivity contribution in [3.63, 3.8) is 0 Å². The number of benzene rings is 3. The van der Waals surface area contributed by atoms with Crippen LogP contribution in [0.5, 0.6) is 11.5 Å². The van der Waals surface area contributed by atoms with Gasteiger partial charge in [0.2, 0.25) is 0 Å². The van der Waals surface area contributed by atoms with E-state index in [1.54, 1.807) is 44.4 Å². The molecule has 0 radical (unpaired) electrons. The Morgan fingerprint density at radius 3 is 2.11 bits per heavy atom. The third-order valence-electron chi connectivity index (χ3n) is 5.09. The average Bonchev–Trinajstić information content (AvgIpc) is 2.90. The van der Waals surface area contributed by atoms with Crippen molar-refractivity contribution in [3.05, 3.63) is 94.6 Å². The summed E-state index contributed by atoms with van der Waals surface area (Å²) in [5.41, 5.74) is 3.05. The smallest absolute Gasteiger partial charge is 0.317 e. The summed E-state index contributed by atoms with van der Waals surface area (Å²) in [6.07, 6.45) is 0.389. The maximum absolute atomic E-state index is 13.3. The predicted octanol–water partition coefficient (Wildman–Crippen LogP) is 4.15. The highest BCUT2D eigenvalue weighted by molar-refractivity contribution is 6.09. The van der Waals surface area contributed by atoms with E-state index in [1.807, 2.05) is 19.1 Å². The maximum atomic E-state index is 13.3. The number of carbonyl (C=O) groups is 4. The lowest BCUT2D eigenvalue weighted by molar-refractivity contribution is -0.122. The monoisotopic (exact) mass is 511 g/mol. The van der Waals surface area contributed by atoms with E-state index in [-0.39, 0.29) is 30.3 Å². The molecule has 0 unspecified atom stereocenters. The Hall–Kier alpha value is -4.60. The molecule has 2 N–H and O–H groups in total. The van der Waals surface area contributed by atoms with Crippen LogP contribution in [0.15, 0.2) is 60.7 Å². The number of hydrogen-bond donors (Lipinski definition) is 2. The number of aryl methyl sites for hydroxylation is 1. The molecule has 3 amide bonds. The number of rotatable bonds is 8. The summed E-state index contributed by atoms with van der Waals surface area (Å²) in [6, 6.07) is 15.6. The van der Waals surface area contributed by atoms with Crippen molar-refractivity contribution in [1.82, 2.24) is 15.5 Å². The number of nitrogens with one attached hydrogen (secondary N) is 2. The van der Waals surface area contributed by atoms with Crippen molar-refractivity contribution in [1.29, 1.82) is 0 Å². The van der Waals surface area contributed by atoms with E-state index in [2.05, 4.69) is 10.6 Å². The number of ether oxygens (including phenoxy) is 1. The number of aldehydes is 2. The van der Waals surface area contributed by atoms with Crippen LogP contribution in [0.4, 0.5) is 13.6 Å². The topological polar surface area (TPSA) is 105 Å². The second-order valence-electron chi connectivity index (χ2n) is 7.84. The van der Waals surface area contributed by atoms with E-state index < -0.39 is 11.6 Å². The molecule has 0 spiro atoms. The Morgan fingerprint density at radius 1 is 0.892 bits per heavy atom. The third kappa shape index (κ3) is 8.84. The average molecular weight is 512 g/mol. The zero-order valence-electron chi connectivity index (χ0n) is 20.6. The number of carbonyl (C=O) groups excluding carboxylic acids is 4. The number of nitrogens with zero attached hydrogens (tertiary/aromatic N) is 1. The van der Waals surface area contributed by atoms with Crippen LogP contribution >= 0.6 is 0 Å². The highest BCUT2D eigenvalue weighted by atomic mass is 19.2. The fourth-order valence-corrected chi connectivity index (χ4v) is 3.18. The van der Waals surface area contributed by atoms with Crippen LogP contribution in [0.2, 0.25) is 0 Å². The summed E-state index contributed by atoms with van der Waals surface area (Å²) in [5.74, 6) is -1.49. The van der Waals surface area contributed by atoms with Gasteiger partial charge in [0.25, 0.3) is 5.91 Å². The van der Waals surface area contributed by atoms with Crippen LogP contribution in [0.1, 0.15) is 27.0 Å². The molecule has 0 aliphatic carbocycles. The van der Waals surface area contributed by atoms with Gasteiger partial charge >= 0.3 is 6.03 Å². The Kier molecular flexibility index (Phi) is 10.9. The predicted molar refractivity (Wildman–Crippen MR) is 133 cm³/mol. The van der Waals surface area contributed by atoms with E-state index in [9.17, 15) is 18.4 Å². The lowest BCUT2D eigenvalue weighted by Crippen LogP contribution is -2.34. The van der Waals surface area contributed by atoms with Gasteiger partial charge in [0.1, 0.15) is 11.5 Å². The van der Waals surface area contributed by atoms with E-state index in [1.165, 1.54) is 11.0 Å². The summed E-state index contributed by atoms with van der Waals surface area (Å²) >= 11 is 0. The molecule has 10 heteroatoms. The molecule has 3 aromatic rings. The molecular weight excluding hydrogens is 484 g/mol. The van der Waals surface area contributed by atoms with Crippen molar-refractivity contribution >= 4 is 24.5 Å². The first kappa shape index (κ1) is 28.6. The summed E-state index contributed by atoms with van der Waals surface area (Å²) in [5, 5.41) is 5.45. The third-order valence-corrected chi connectivity index (χ3v) is 5.09. The highest BCUT2D eigenvalue weighted by Gasteiger charge is 2.13. The van der Waals surface area contributed by atoms with Gasteiger partial charge in [0.05, 0.1) is 0 Å². The largest absolute Gasteiger partial charge is 0.457 e. The summed E-state index contributed by atoms with van der Waals surface area (Å²) in [7, 11) is 3.24. The number of urea groups is 1. The summed E-state index contributed by atoms with van der Waals surface area (Å²) in [4.78, 5) is 43.6. The SMILES string of the molecule is CNC(=O)N(C)Cc1ccc(C)c(C(=O)NCc2ccc(Oc3ccc(F)c(F)c3)cc2)c1.O=CC=O. The molecule has 0 atom stereocenters. The molecule has 0 heterocycles. The first-order valence-electron chi connectivity index (χ1n) is 11.1. The molecule has 37 heavy (non-hydrogen) atoms. The minimum atomic E-state index is -0.980. The number of amides is 3. The molecule has 0 fully saturated rings. The maximum Gasteiger partial charge on any atom is 0.317 e. The minimum Gasteiger partial charge on any atom is -0.457 e. The zero-order chi connectivity index (χ0) is 27.4. The molecule has 0 bridgehead atoms. The molecule has 0 aliphatic heterocycles. The molecule has 3 rings (SSSR count). The number of hydrogen-bond acceptors (Lipinski definition) is 5. The first-order valence-corrected chi connectivity index (χ1v) is 11.1. The van der Waals surface area contributed by atoms with Gasteiger partial charge in [0.15, 0.2) is 24.2 Å². The molecular formula is C27H27F2N3O5. The summed E-state index contributed by atoms with van der Waals surface area (Å²) < 4.78 is 31.9. The van der Waals surface area contributed by atoms with Crippen LogP contribution < -0.4 is 15.4 Å². The fraction of sp³-hybridized carbons (Fsp3) is 0.185. The molecule has 8 nitrogen and oxygen atoms in total. The molecule has 194 valence electrons. The lowest BCUT2D eigenvalue weighted by Gasteiger charge is -2.17. The van der Waals surface area contributed by atoms with E-state index in [0.29, 0.717) is 24.4 Å².